The third kappa shape index (κ3) is 7.03. The van der Waals surface area contributed by atoms with E-state index in [-0.39, 0.29) is 12.6 Å². The lowest BCUT2D eigenvalue weighted by Crippen LogP contribution is -2.46. The Bertz CT molecular complexity index is 424. The van der Waals surface area contributed by atoms with Crippen LogP contribution in [0, 0.1) is 0 Å². The molecule has 0 bridgehead atoms. The van der Waals surface area contributed by atoms with E-state index in [0.29, 0.717) is 17.3 Å². The lowest BCUT2D eigenvalue weighted by Gasteiger charge is -2.22. The molecule has 0 aliphatic heterocycles. The summed E-state index contributed by atoms with van der Waals surface area (Å²) in [7, 11) is 0. The maximum atomic E-state index is 11.6. The predicted octanol–water partition coefficient (Wildman–Crippen LogP) is 2.30. The Morgan fingerprint density at radius 1 is 1.35 bits per heavy atom. The van der Waals surface area contributed by atoms with Gasteiger partial charge in [0.2, 0.25) is 0 Å². The lowest BCUT2D eigenvalue weighted by atomic mass is 10.1. The molecule has 20 heavy (non-hydrogen) atoms. The minimum Gasteiger partial charge on any atom is -0.387 e. The number of thioether (sulfide) groups is 1. The summed E-state index contributed by atoms with van der Waals surface area (Å²) in [6.45, 7) is 2.48. The molecule has 0 spiro atoms. The third-order valence-electron chi connectivity index (χ3n) is 2.70. The van der Waals surface area contributed by atoms with Crippen LogP contribution in [0.5, 0.6) is 0 Å². The molecule has 1 aromatic rings. The van der Waals surface area contributed by atoms with Gasteiger partial charge in [-0.05, 0) is 37.3 Å². The van der Waals surface area contributed by atoms with E-state index in [1.807, 2.05) is 30.5 Å². The van der Waals surface area contributed by atoms with Crippen molar-refractivity contribution >= 4 is 29.4 Å². The summed E-state index contributed by atoms with van der Waals surface area (Å²) in [5, 5.41) is 16.0. The molecule has 0 aliphatic rings. The molecule has 0 heterocycles. The molecular weight excluding hydrogens is 296 g/mol. The number of carbonyl (C=O) groups excluding carboxylic acids is 1. The van der Waals surface area contributed by atoms with Crippen molar-refractivity contribution in [2.24, 2.45) is 0 Å². The second-order valence-corrected chi connectivity index (χ2v) is 6.22. The van der Waals surface area contributed by atoms with Crippen molar-refractivity contribution in [1.29, 1.82) is 0 Å². The van der Waals surface area contributed by atoms with Crippen molar-refractivity contribution in [1.82, 2.24) is 10.6 Å². The summed E-state index contributed by atoms with van der Waals surface area (Å²) in [5.41, 5.74) is 0.233. The number of halogens is 1. The number of hydrogen-bond acceptors (Lipinski definition) is 3. The van der Waals surface area contributed by atoms with Gasteiger partial charge in [-0.25, -0.2) is 4.79 Å². The number of benzene rings is 1. The summed E-state index contributed by atoms with van der Waals surface area (Å²) >= 11 is 7.34. The van der Waals surface area contributed by atoms with E-state index in [2.05, 4.69) is 10.6 Å². The van der Waals surface area contributed by atoms with E-state index < -0.39 is 5.60 Å². The molecule has 1 rings (SSSR count). The molecule has 1 atom stereocenters. The van der Waals surface area contributed by atoms with Crippen molar-refractivity contribution in [3.63, 3.8) is 0 Å². The van der Waals surface area contributed by atoms with Crippen molar-refractivity contribution < 1.29 is 9.90 Å². The van der Waals surface area contributed by atoms with E-state index in [1.54, 1.807) is 18.7 Å². The molecule has 2 amide bonds. The summed E-state index contributed by atoms with van der Waals surface area (Å²) in [4.78, 5) is 11.6. The quantitative estimate of drug-likeness (QED) is 0.723. The highest BCUT2D eigenvalue weighted by molar-refractivity contribution is 7.98. The van der Waals surface area contributed by atoms with Crippen LogP contribution in [0.25, 0.3) is 0 Å². The smallest absolute Gasteiger partial charge is 0.314 e. The first kappa shape index (κ1) is 17.1. The minimum absolute atomic E-state index is 0.237. The van der Waals surface area contributed by atoms with Crippen LogP contribution in [0.15, 0.2) is 24.3 Å². The van der Waals surface area contributed by atoms with Gasteiger partial charge in [-0.3, -0.25) is 0 Å². The van der Waals surface area contributed by atoms with Gasteiger partial charge in [-0.2, -0.15) is 11.8 Å². The zero-order valence-corrected chi connectivity index (χ0v) is 13.4. The van der Waals surface area contributed by atoms with Gasteiger partial charge >= 0.3 is 6.03 Å². The molecule has 4 nitrogen and oxygen atoms in total. The van der Waals surface area contributed by atoms with Crippen LogP contribution in [0.3, 0.4) is 0 Å². The molecule has 0 saturated carbocycles. The van der Waals surface area contributed by atoms with Gasteiger partial charge in [0.1, 0.15) is 0 Å². The van der Waals surface area contributed by atoms with E-state index in [9.17, 15) is 9.90 Å². The molecule has 112 valence electrons. The highest BCUT2D eigenvalue weighted by atomic mass is 35.5. The van der Waals surface area contributed by atoms with Gasteiger partial charge in [0.25, 0.3) is 0 Å². The molecule has 0 aliphatic carbocycles. The Morgan fingerprint density at radius 2 is 2.00 bits per heavy atom. The van der Waals surface area contributed by atoms with Gasteiger partial charge in [-0.15, -0.1) is 0 Å². The van der Waals surface area contributed by atoms with Crippen molar-refractivity contribution in [3.05, 3.63) is 34.9 Å². The average Bonchev–Trinajstić information content (AvgIpc) is 2.39. The Balaban J connectivity index is 2.22. The summed E-state index contributed by atoms with van der Waals surface area (Å²) in [5.74, 6) is 0.581. The molecule has 0 radical (unpaired) electrons. The van der Waals surface area contributed by atoms with E-state index in [0.717, 1.165) is 12.0 Å². The highest BCUT2D eigenvalue weighted by Gasteiger charge is 2.20. The standard InChI is InChI=1S/C14H21ClN2O2S/c1-14(19,10-20-2)9-17-13(18)16-8-7-11-3-5-12(15)6-4-11/h3-6,19H,7-10H2,1-2H3,(H2,16,17,18). The van der Waals surface area contributed by atoms with E-state index >= 15 is 0 Å². The summed E-state index contributed by atoms with van der Waals surface area (Å²) < 4.78 is 0. The molecule has 1 unspecified atom stereocenters. The Morgan fingerprint density at radius 3 is 2.60 bits per heavy atom. The first-order chi connectivity index (χ1) is 9.43. The van der Waals surface area contributed by atoms with Crippen molar-refractivity contribution in [3.8, 4) is 0 Å². The number of aliphatic hydroxyl groups is 1. The number of hydrogen-bond donors (Lipinski definition) is 3. The molecule has 6 heteroatoms. The predicted molar refractivity (Wildman–Crippen MR) is 85.6 cm³/mol. The largest absolute Gasteiger partial charge is 0.387 e. The molecule has 1 aromatic carbocycles. The monoisotopic (exact) mass is 316 g/mol. The van der Waals surface area contributed by atoms with Gasteiger partial charge in [-0.1, -0.05) is 23.7 Å². The fraction of sp³-hybridized carbons (Fsp3) is 0.500. The number of urea groups is 1. The van der Waals surface area contributed by atoms with Crippen LogP contribution in [-0.4, -0.2) is 41.8 Å². The van der Waals surface area contributed by atoms with Crippen LogP contribution < -0.4 is 10.6 Å². The molecule has 3 N–H and O–H groups in total. The first-order valence-corrected chi connectivity index (χ1v) is 8.17. The van der Waals surface area contributed by atoms with E-state index in [1.165, 1.54) is 0 Å². The molecular formula is C14H21ClN2O2S. The van der Waals surface area contributed by atoms with Crippen LogP contribution >= 0.6 is 23.4 Å². The molecule has 0 aromatic heterocycles. The highest BCUT2D eigenvalue weighted by Crippen LogP contribution is 2.10. The average molecular weight is 317 g/mol. The van der Waals surface area contributed by atoms with Crippen LogP contribution in [0.2, 0.25) is 5.02 Å². The zero-order valence-electron chi connectivity index (χ0n) is 11.8. The zero-order chi connectivity index (χ0) is 15.0. The fourth-order valence-electron chi connectivity index (χ4n) is 1.67. The van der Waals surface area contributed by atoms with Crippen LogP contribution in [-0.2, 0) is 6.42 Å². The Kier molecular flexibility index (Phi) is 7.19. The van der Waals surface area contributed by atoms with Gasteiger partial charge < -0.3 is 15.7 Å². The fourth-order valence-corrected chi connectivity index (χ4v) is 2.52. The second kappa shape index (κ2) is 8.39. The number of amides is 2. The van der Waals surface area contributed by atoms with Crippen LogP contribution in [0.4, 0.5) is 4.79 Å². The van der Waals surface area contributed by atoms with E-state index in [4.69, 9.17) is 11.6 Å². The molecule has 0 fully saturated rings. The maximum absolute atomic E-state index is 11.6. The topological polar surface area (TPSA) is 61.4 Å². The number of rotatable bonds is 7. The summed E-state index contributed by atoms with van der Waals surface area (Å²) in [6.07, 6.45) is 2.66. The van der Waals surface area contributed by atoms with Crippen molar-refractivity contribution in [2.45, 2.75) is 18.9 Å². The Labute approximate surface area is 129 Å². The number of nitrogens with one attached hydrogen (secondary N) is 2. The SMILES string of the molecule is CSCC(C)(O)CNC(=O)NCCc1ccc(Cl)cc1. The first-order valence-electron chi connectivity index (χ1n) is 6.40. The van der Waals surface area contributed by atoms with Gasteiger partial charge in [0.05, 0.1) is 5.60 Å². The van der Waals surface area contributed by atoms with Crippen LogP contribution in [0.1, 0.15) is 12.5 Å². The second-order valence-electron chi connectivity index (χ2n) is 4.92. The minimum atomic E-state index is -0.882. The van der Waals surface area contributed by atoms with Gasteiger partial charge in [0.15, 0.2) is 0 Å². The molecule has 0 saturated heterocycles. The van der Waals surface area contributed by atoms with Crippen molar-refractivity contribution in [2.75, 3.05) is 25.1 Å². The normalized spacial score (nSPS) is 13.6. The lowest BCUT2D eigenvalue weighted by molar-refractivity contribution is 0.0869. The summed E-state index contributed by atoms with van der Waals surface area (Å²) in [6, 6.07) is 7.27. The maximum Gasteiger partial charge on any atom is 0.314 e. The Hall–Kier alpha value is -0.910. The number of carbonyl (C=O) groups is 1. The van der Waals surface area contributed by atoms with Gasteiger partial charge in [0, 0.05) is 23.9 Å². The third-order valence-corrected chi connectivity index (χ3v) is 3.86.